The van der Waals surface area contributed by atoms with Gasteiger partial charge in [-0.25, -0.2) is 4.98 Å². The standard InChI is InChI=1S/C11H18N4O.ClH/c1-15-7-10(14-8-15)11(16)13-6-9-3-2-4-12-5-9;/h7-9,12H,2-6H2,1H3,(H,13,16);1H. The van der Waals surface area contributed by atoms with Crippen LogP contribution < -0.4 is 10.6 Å². The van der Waals surface area contributed by atoms with Crippen LogP contribution in [0.5, 0.6) is 0 Å². The fourth-order valence-corrected chi connectivity index (χ4v) is 1.96. The zero-order chi connectivity index (χ0) is 11.4. The minimum Gasteiger partial charge on any atom is -0.350 e. The van der Waals surface area contributed by atoms with E-state index in [9.17, 15) is 4.79 Å². The average molecular weight is 259 g/mol. The van der Waals surface area contributed by atoms with E-state index < -0.39 is 0 Å². The summed E-state index contributed by atoms with van der Waals surface area (Å²) in [6.07, 6.45) is 5.76. The molecule has 17 heavy (non-hydrogen) atoms. The number of rotatable bonds is 3. The third kappa shape index (κ3) is 4.02. The van der Waals surface area contributed by atoms with Gasteiger partial charge in [0.2, 0.25) is 0 Å². The van der Waals surface area contributed by atoms with E-state index in [1.165, 1.54) is 12.8 Å². The Bertz CT molecular complexity index is 360. The van der Waals surface area contributed by atoms with E-state index in [1.807, 2.05) is 7.05 Å². The number of piperidine rings is 1. The van der Waals surface area contributed by atoms with Crippen LogP contribution in [0.4, 0.5) is 0 Å². The first-order valence-electron chi connectivity index (χ1n) is 5.72. The van der Waals surface area contributed by atoms with E-state index in [0.29, 0.717) is 11.6 Å². The van der Waals surface area contributed by atoms with Crippen LogP contribution in [0.25, 0.3) is 0 Å². The van der Waals surface area contributed by atoms with Crippen molar-refractivity contribution in [3.8, 4) is 0 Å². The molecule has 2 rings (SSSR count). The monoisotopic (exact) mass is 258 g/mol. The topological polar surface area (TPSA) is 59.0 Å². The van der Waals surface area contributed by atoms with Crippen LogP contribution in [-0.2, 0) is 7.05 Å². The summed E-state index contributed by atoms with van der Waals surface area (Å²) in [4.78, 5) is 15.7. The van der Waals surface area contributed by atoms with Gasteiger partial charge in [0.05, 0.1) is 6.33 Å². The molecule has 0 spiro atoms. The lowest BCUT2D eigenvalue weighted by molar-refractivity contribution is 0.0940. The molecule has 0 bridgehead atoms. The van der Waals surface area contributed by atoms with Crippen molar-refractivity contribution in [1.82, 2.24) is 20.2 Å². The first-order valence-corrected chi connectivity index (χ1v) is 5.72. The Hall–Kier alpha value is -1.07. The number of imidazole rings is 1. The van der Waals surface area contributed by atoms with E-state index in [4.69, 9.17) is 0 Å². The Balaban J connectivity index is 0.00000144. The quantitative estimate of drug-likeness (QED) is 0.834. The molecule has 2 N–H and O–H groups in total. The molecule has 1 saturated heterocycles. The molecule has 6 heteroatoms. The zero-order valence-corrected chi connectivity index (χ0v) is 10.8. The first kappa shape index (κ1) is 14.0. The Labute approximate surface area is 107 Å². The van der Waals surface area contributed by atoms with Gasteiger partial charge in [0.1, 0.15) is 5.69 Å². The van der Waals surface area contributed by atoms with Gasteiger partial charge < -0.3 is 15.2 Å². The maximum absolute atomic E-state index is 11.7. The summed E-state index contributed by atoms with van der Waals surface area (Å²) in [6, 6.07) is 0. The van der Waals surface area contributed by atoms with Crippen LogP contribution in [0.3, 0.4) is 0 Å². The lowest BCUT2D eigenvalue weighted by Crippen LogP contribution is -2.38. The molecule has 2 heterocycles. The SMILES string of the molecule is Cl.Cn1cnc(C(=O)NCC2CCCNC2)c1. The van der Waals surface area contributed by atoms with E-state index in [2.05, 4.69) is 15.6 Å². The summed E-state index contributed by atoms with van der Waals surface area (Å²) in [6.45, 7) is 2.84. The van der Waals surface area contributed by atoms with Crippen molar-refractivity contribution in [2.45, 2.75) is 12.8 Å². The van der Waals surface area contributed by atoms with Crippen LogP contribution in [0.15, 0.2) is 12.5 Å². The normalized spacial score (nSPS) is 19.5. The highest BCUT2D eigenvalue weighted by atomic mass is 35.5. The predicted molar refractivity (Wildman–Crippen MR) is 68.4 cm³/mol. The first-order chi connectivity index (χ1) is 7.75. The van der Waals surface area contributed by atoms with Crippen LogP contribution in [0, 0.1) is 5.92 Å². The second-order valence-corrected chi connectivity index (χ2v) is 4.35. The lowest BCUT2D eigenvalue weighted by Gasteiger charge is -2.22. The number of aromatic nitrogens is 2. The van der Waals surface area contributed by atoms with Gasteiger partial charge in [0.25, 0.3) is 5.91 Å². The molecule has 1 aliphatic rings. The summed E-state index contributed by atoms with van der Waals surface area (Å²) < 4.78 is 1.77. The molecule has 5 nitrogen and oxygen atoms in total. The van der Waals surface area contributed by atoms with Crippen LogP contribution in [0.1, 0.15) is 23.3 Å². The number of carbonyl (C=O) groups is 1. The van der Waals surface area contributed by atoms with Gasteiger partial charge in [0.15, 0.2) is 0 Å². The van der Waals surface area contributed by atoms with Gasteiger partial charge in [-0.3, -0.25) is 4.79 Å². The summed E-state index contributed by atoms with van der Waals surface area (Å²) in [5, 5.41) is 6.26. The van der Waals surface area contributed by atoms with Crippen molar-refractivity contribution in [1.29, 1.82) is 0 Å². The van der Waals surface area contributed by atoms with E-state index >= 15 is 0 Å². The second kappa shape index (κ2) is 6.61. The molecule has 0 radical (unpaired) electrons. The Kier molecular flexibility index (Phi) is 5.44. The molecular weight excluding hydrogens is 240 g/mol. The van der Waals surface area contributed by atoms with Crippen LogP contribution in [0.2, 0.25) is 0 Å². The molecule has 1 fully saturated rings. The third-order valence-corrected chi connectivity index (χ3v) is 2.89. The van der Waals surface area contributed by atoms with Crippen molar-refractivity contribution in [3.63, 3.8) is 0 Å². The average Bonchev–Trinajstić information content (AvgIpc) is 2.74. The molecule has 96 valence electrons. The Morgan fingerprint density at radius 1 is 1.71 bits per heavy atom. The van der Waals surface area contributed by atoms with Crippen LogP contribution >= 0.6 is 12.4 Å². The summed E-state index contributed by atoms with van der Waals surface area (Å²) in [5.74, 6) is 0.479. The van der Waals surface area contributed by atoms with Crippen molar-refractivity contribution >= 4 is 18.3 Å². The van der Waals surface area contributed by atoms with Gasteiger partial charge in [0, 0.05) is 19.8 Å². The van der Waals surface area contributed by atoms with Gasteiger partial charge in [-0.15, -0.1) is 12.4 Å². The highest BCUT2D eigenvalue weighted by Gasteiger charge is 2.15. The summed E-state index contributed by atoms with van der Waals surface area (Å²) >= 11 is 0. The van der Waals surface area contributed by atoms with Gasteiger partial charge in [-0.2, -0.15) is 0 Å². The molecule has 1 aromatic heterocycles. The zero-order valence-electron chi connectivity index (χ0n) is 9.98. The van der Waals surface area contributed by atoms with Gasteiger partial charge in [-0.1, -0.05) is 0 Å². The maximum atomic E-state index is 11.7. The molecule has 1 unspecified atom stereocenters. The highest BCUT2D eigenvalue weighted by molar-refractivity contribution is 5.91. The number of nitrogens with zero attached hydrogens (tertiary/aromatic N) is 2. The Morgan fingerprint density at radius 3 is 3.12 bits per heavy atom. The minimum absolute atomic E-state index is 0. The van der Waals surface area contributed by atoms with Gasteiger partial charge >= 0.3 is 0 Å². The largest absolute Gasteiger partial charge is 0.350 e. The van der Waals surface area contributed by atoms with Crippen molar-refractivity contribution in [2.24, 2.45) is 13.0 Å². The fourth-order valence-electron chi connectivity index (χ4n) is 1.96. The number of hydrogen-bond acceptors (Lipinski definition) is 3. The number of amides is 1. The number of hydrogen-bond donors (Lipinski definition) is 2. The highest BCUT2D eigenvalue weighted by Crippen LogP contribution is 2.08. The number of nitrogens with one attached hydrogen (secondary N) is 2. The van der Waals surface area contributed by atoms with E-state index in [1.54, 1.807) is 17.1 Å². The molecule has 1 aliphatic heterocycles. The molecule has 1 amide bonds. The summed E-state index contributed by atoms with van der Waals surface area (Å²) in [5.41, 5.74) is 0.492. The molecule has 1 atom stereocenters. The molecular formula is C11H19ClN4O. The number of aryl methyl sites for hydroxylation is 1. The van der Waals surface area contributed by atoms with Gasteiger partial charge in [-0.05, 0) is 31.8 Å². The smallest absolute Gasteiger partial charge is 0.271 e. The molecule has 0 aliphatic carbocycles. The molecule has 0 saturated carbocycles. The summed E-state index contributed by atoms with van der Waals surface area (Å²) in [7, 11) is 1.86. The minimum atomic E-state index is -0.0776. The lowest BCUT2D eigenvalue weighted by atomic mass is 10.00. The van der Waals surface area contributed by atoms with Crippen LogP contribution in [-0.4, -0.2) is 35.1 Å². The van der Waals surface area contributed by atoms with E-state index in [-0.39, 0.29) is 18.3 Å². The van der Waals surface area contributed by atoms with Crippen molar-refractivity contribution in [2.75, 3.05) is 19.6 Å². The second-order valence-electron chi connectivity index (χ2n) is 4.35. The Morgan fingerprint density at radius 2 is 2.53 bits per heavy atom. The maximum Gasteiger partial charge on any atom is 0.271 e. The fraction of sp³-hybridized carbons (Fsp3) is 0.636. The third-order valence-electron chi connectivity index (χ3n) is 2.89. The number of carbonyl (C=O) groups excluding carboxylic acids is 1. The predicted octanol–water partition coefficient (Wildman–Crippen LogP) is 0.571. The molecule has 0 aromatic carbocycles. The van der Waals surface area contributed by atoms with Crippen molar-refractivity contribution in [3.05, 3.63) is 18.2 Å². The molecule has 1 aromatic rings. The van der Waals surface area contributed by atoms with Crippen molar-refractivity contribution < 1.29 is 4.79 Å². The number of halogens is 1. The van der Waals surface area contributed by atoms with E-state index in [0.717, 1.165) is 19.6 Å².